The van der Waals surface area contributed by atoms with Gasteiger partial charge in [0, 0.05) is 63.3 Å². The average Bonchev–Trinajstić information content (AvgIpc) is 3.03. The Balaban J connectivity index is 1.22. The van der Waals surface area contributed by atoms with Crippen molar-refractivity contribution in [3.63, 3.8) is 0 Å². The molecular weight excluding hydrogens is 560 g/mol. The summed E-state index contributed by atoms with van der Waals surface area (Å²) in [6.45, 7) is 27.5. The molecule has 0 radical (unpaired) electrons. The highest BCUT2D eigenvalue weighted by Crippen LogP contribution is 2.40. The van der Waals surface area contributed by atoms with Gasteiger partial charge in [0.15, 0.2) is 0 Å². The van der Waals surface area contributed by atoms with Gasteiger partial charge in [0.1, 0.15) is 0 Å². The van der Waals surface area contributed by atoms with E-state index in [1.807, 2.05) is 11.9 Å². The van der Waals surface area contributed by atoms with E-state index in [0.29, 0.717) is 12.5 Å². The fourth-order valence-corrected chi connectivity index (χ4v) is 7.01. The first-order chi connectivity index (χ1) is 21.9. The van der Waals surface area contributed by atoms with Gasteiger partial charge in [0.25, 0.3) is 0 Å². The summed E-state index contributed by atoms with van der Waals surface area (Å²) in [6, 6.07) is 18.3. The fraction of sp³-hybridized carbons (Fsp3) is 0.476. The molecule has 2 aromatic carbocycles. The van der Waals surface area contributed by atoms with Crippen LogP contribution in [0.2, 0.25) is 0 Å². The maximum absolute atomic E-state index is 5.45. The molecule has 1 saturated heterocycles. The summed E-state index contributed by atoms with van der Waals surface area (Å²) in [7, 11) is 2.01. The van der Waals surface area contributed by atoms with Gasteiger partial charge in [0.05, 0.1) is 12.1 Å². The Hall–Kier alpha value is -3.68. The molecule has 2 fully saturated rings. The van der Waals surface area contributed by atoms with Crippen LogP contribution in [0.25, 0.3) is 6.08 Å². The highest BCUT2D eigenvalue weighted by molar-refractivity contribution is 5.50. The fourth-order valence-electron chi connectivity index (χ4n) is 7.01. The quantitative estimate of drug-likeness (QED) is 0.215. The highest BCUT2D eigenvalue weighted by Gasteiger charge is 2.29. The molecule has 4 nitrogen and oxygen atoms in total. The van der Waals surface area contributed by atoms with E-state index in [1.165, 1.54) is 41.5 Å². The first-order valence-electron chi connectivity index (χ1n) is 17.2. The molecule has 4 heteroatoms. The maximum atomic E-state index is 5.45. The predicted octanol–water partition coefficient (Wildman–Crippen LogP) is 8.31. The number of terminal acetylenes is 1. The Morgan fingerprint density at radius 1 is 1.02 bits per heavy atom. The van der Waals surface area contributed by atoms with Crippen molar-refractivity contribution in [2.24, 2.45) is 11.8 Å². The molecule has 0 bridgehead atoms. The van der Waals surface area contributed by atoms with Crippen molar-refractivity contribution in [1.29, 1.82) is 0 Å². The molecule has 0 spiro atoms. The molecule has 246 valence electrons. The lowest BCUT2D eigenvalue weighted by Crippen LogP contribution is -2.52. The van der Waals surface area contributed by atoms with Crippen LogP contribution in [0.1, 0.15) is 81.5 Å². The molecular formula is C42H58N4. The van der Waals surface area contributed by atoms with Crippen LogP contribution in [-0.2, 0) is 6.42 Å². The minimum atomic E-state index is -0.282. The van der Waals surface area contributed by atoms with Crippen molar-refractivity contribution in [1.82, 2.24) is 20.0 Å². The van der Waals surface area contributed by atoms with E-state index >= 15 is 0 Å². The van der Waals surface area contributed by atoms with Crippen LogP contribution in [0, 0.1) is 24.2 Å². The van der Waals surface area contributed by atoms with Crippen LogP contribution < -0.4 is 5.32 Å². The predicted molar refractivity (Wildman–Crippen MR) is 198 cm³/mol. The van der Waals surface area contributed by atoms with E-state index in [-0.39, 0.29) is 5.54 Å². The molecule has 1 heterocycles. The summed E-state index contributed by atoms with van der Waals surface area (Å²) >= 11 is 0. The number of likely N-dealkylation sites (N-methyl/N-ethyl adjacent to an activating group) is 1. The van der Waals surface area contributed by atoms with E-state index in [4.69, 9.17) is 6.42 Å². The number of hydrogen-bond donors (Lipinski definition) is 1. The summed E-state index contributed by atoms with van der Waals surface area (Å²) in [5.41, 5.74) is 8.38. The van der Waals surface area contributed by atoms with E-state index in [0.717, 1.165) is 74.5 Å². The zero-order valence-electron chi connectivity index (χ0n) is 29.3. The third-order valence-electron chi connectivity index (χ3n) is 10.1. The Kier molecular flexibility index (Phi) is 12.4. The van der Waals surface area contributed by atoms with Crippen LogP contribution in [-0.4, -0.2) is 66.6 Å². The number of nitrogens with one attached hydrogen (secondary N) is 1. The SMILES string of the molecule is C#CCN(C)C(=C)CN1CCN(C(=C)C(C)(C)NC(=C)C/C=C/c2ccc(Cc3cccc([C@@H]4C[C@H](C)CCC4C)c3)cc2)CC1. The summed E-state index contributed by atoms with van der Waals surface area (Å²) in [4.78, 5) is 6.88. The lowest BCUT2D eigenvalue weighted by Gasteiger charge is -2.43. The highest BCUT2D eigenvalue weighted by atomic mass is 15.3. The van der Waals surface area contributed by atoms with Gasteiger partial charge in [-0.1, -0.05) is 107 Å². The molecule has 0 amide bonds. The number of piperazine rings is 1. The third-order valence-corrected chi connectivity index (χ3v) is 10.1. The number of rotatable bonds is 14. The molecule has 2 aliphatic rings. The van der Waals surface area contributed by atoms with Crippen LogP contribution in [0.3, 0.4) is 0 Å². The Morgan fingerprint density at radius 2 is 1.74 bits per heavy atom. The normalized spacial score (nSPS) is 20.7. The lowest BCUT2D eigenvalue weighted by atomic mass is 9.72. The van der Waals surface area contributed by atoms with Gasteiger partial charge in [-0.15, -0.1) is 6.42 Å². The average molecular weight is 619 g/mol. The molecule has 1 N–H and O–H groups in total. The van der Waals surface area contributed by atoms with Crippen molar-refractivity contribution in [2.45, 2.75) is 71.3 Å². The van der Waals surface area contributed by atoms with Crippen molar-refractivity contribution in [3.8, 4) is 12.3 Å². The zero-order valence-corrected chi connectivity index (χ0v) is 29.3. The van der Waals surface area contributed by atoms with Gasteiger partial charge in [0.2, 0.25) is 0 Å². The van der Waals surface area contributed by atoms with E-state index in [9.17, 15) is 0 Å². The molecule has 1 unspecified atom stereocenters. The van der Waals surface area contributed by atoms with Gasteiger partial charge in [-0.05, 0) is 73.1 Å². The van der Waals surface area contributed by atoms with Gasteiger partial charge in [-0.3, -0.25) is 4.90 Å². The number of benzene rings is 2. The van der Waals surface area contributed by atoms with Crippen molar-refractivity contribution >= 4 is 6.08 Å². The van der Waals surface area contributed by atoms with Gasteiger partial charge >= 0.3 is 0 Å². The summed E-state index contributed by atoms with van der Waals surface area (Å²) in [6.07, 6.45) is 15.6. The maximum Gasteiger partial charge on any atom is 0.0785 e. The summed E-state index contributed by atoms with van der Waals surface area (Å²) < 4.78 is 0. The number of allylic oxidation sites excluding steroid dienone is 1. The summed E-state index contributed by atoms with van der Waals surface area (Å²) in [5, 5.41) is 3.64. The largest absolute Gasteiger partial charge is 0.378 e. The molecule has 2 aromatic rings. The standard InChI is InChI=1S/C42H58N4/c1-10-23-44(9)35(5)31-45-24-26-46(27-25-45)36(6)42(7,8)43-34(4)13-11-14-37-19-21-38(22-20-37)29-39-15-12-16-40(30-39)41-28-32(2)17-18-33(41)3/h1,11-12,14-16,19-22,30,32-33,41,43H,4-6,13,17-18,23-29,31H2,2-3,7-9H3/b14-11+/t32-,33?,41-/m1/s1. The van der Waals surface area contributed by atoms with Crippen molar-refractivity contribution < 1.29 is 0 Å². The van der Waals surface area contributed by atoms with Crippen molar-refractivity contribution in [2.75, 3.05) is 46.3 Å². The molecule has 1 aliphatic heterocycles. The topological polar surface area (TPSA) is 21.8 Å². The van der Waals surface area contributed by atoms with Gasteiger partial charge in [-0.25, -0.2) is 0 Å². The van der Waals surface area contributed by atoms with E-state index < -0.39 is 0 Å². The Morgan fingerprint density at radius 3 is 2.43 bits per heavy atom. The molecule has 3 atom stereocenters. The second kappa shape index (κ2) is 16.2. The Bertz CT molecular complexity index is 1400. The third kappa shape index (κ3) is 9.91. The molecule has 0 aromatic heterocycles. The van der Waals surface area contributed by atoms with Crippen LogP contribution in [0.5, 0.6) is 0 Å². The minimum absolute atomic E-state index is 0.282. The van der Waals surface area contributed by atoms with Crippen LogP contribution in [0.15, 0.2) is 91.4 Å². The molecule has 46 heavy (non-hydrogen) atoms. The lowest BCUT2D eigenvalue weighted by molar-refractivity contribution is 0.147. The smallest absolute Gasteiger partial charge is 0.0785 e. The van der Waals surface area contributed by atoms with Crippen LogP contribution in [0.4, 0.5) is 0 Å². The van der Waals surface area contributed by atoms with Gasteiger partial charge < -0.3 is 15.1 Å². The monoisotopic (exact) mass is 618 g/mol. The van der Waals surface area contributed by atoms with Gasteiger partial charge in [-0.2, -0.15) is 0 Å². The first-order valence-corrected chi connectivity index (χ1v) is 17.2. The Labute approximate surface area is 280 Å². The van der Waals surface area contributed by atoms with Crippen LogP contribution >= 0.6 is 0 Å². The first kappa shape index (κ1) is 35.2. The molecule has 1 saturated carbocycles. The summed E-state index contributed by atoms with van der Waals surface area (Å²) in [5.74, 6) is 5.00. The zero-order chi connectivity index (χ0) is 33.3. The number of hydrogen-bond acceptors (Lipinski definition) is 4. The number of nitrogens with zero attached hydrogens (tertiary/aromatic N) is 3. The second-order valence-corrected chi connectivity index (χ2v) is 14.5. The van der Waals surface area contributed by atoms with E-state index in [1.54, 1.807) is 0 Å². The minimum Gasteiger partial charge on any atom is -0.378 e. The van der Waals surface area contributed by atoms with Crippen molar-refractivity contribution in [3.05, 3.63) is 114 Å². The molecule has 1 aliphatic carbocycles. The second-order valence-electron chi connectivity index (χ2n) is 14.5. The van der Waals surface area contributed by atoms with E-state index in [2.05, 4.69) is 129 Å². The molecule has 4 rings (SSSR count).